The summed E-state index contributed by atoms with van der Waals surface area (Å²) in [5.74, 6) is 0. The van der Waals surface area contributed by atoms with Crippen LogP contribution >= 0.6 is 11.6 Å². The second-order valence-electron chi connectivity index (χ2n) is 3.93. The van der Waals surface area contributed by atoms with Crippen LogP contribution in [0.15, 0.2) is 36.5 Å². The number of nitrogens with zero attached hydrogens (tertiary/aromatic N) is 1. The van der Waals surface area contributed by atoms with E-state index < -0.39 is 11.7 Å². The lowest BCUT2D eigenvalue weighted by molar-refractivity contribution is -0.137. The van der Waals surface area contributed by atoms with Gasteiger partial charge >= 0.3 is 6.18 Å². The van der Waals surface area contributed by atoms with Gasteiger partial charge in [0, 0.05) is 11.8 Å². The molecule has 1 aromatic heterocycles. The molecule has 94 valence electrons. The summed E-state index contributed by atoms with van der Waals surface area (Å²) in [6.45, 7) is 1.86. The fourth-order valence-electron chi connectivity index (χ4n) is 1.62. The van der Waals surface area contributed by atoms with Gasteiger partial charge in [0.2, 0.25) is 0 Å². The Bertz CT molecular complexity index is 579. The van der Waals surface area contributed by atoms with E-state index in [4.69, 9.17) is 11.6 Å². The minimum Gasteiger partial charge on any atom is -0.243 e. The van der Waals surface area contributed by atoms with E-state index in [2.05, 4.69) is 4.98 Å². The smallest absolute Gasteiger partial charge is 0.243 e. The fourth-order valence-corrected chi connectivity index (χ4v) is 1.83. The molecule has 0 spiro atoms. The predicted octanol–water partition coefficient (Wildman–Crippen LogP) is 4.73. The Kier molecular flexibility index (Phi) is 3.30. The zero-order valence-corrected chi connectivity index (χ0v) is 10.2. The minimum absolute atomic E-state index is 0.0635. The molecule has 18 heavy (non-hydrogen) atoms. The third-order valence-corrected chi connectivity index (χ3v) is 2.80. The molecule has 2 rings (SSSR count). The number of aryl methyl sites for hydroxylation is 1. The Morgan fingerprint density at radius 2 is 1.89 bits per heavy atom. The van der Waals surface area contributed by atoms with E-state index in [1.807, 2.05) is 13.0 Å². The average molecular weight is 272 g/mol. The normalized spacial score (nSPS) is 11.6. The van der Waals surface area contributed by atoms with Gasteiger partial charge in [0.05, 0.1) is 5.56 Å². The summed E-state index contributed by atoms with van der Waals surface area (Å²) in [7, 11) is 0. The van der Waals surface area contributed by atoms with Crippen LogP contribution in [0.5, 0.6) is 0 Å². The number of hydrogen-bond acceptors (Lipinski definition) is 1. The van der Waals surface area contributed by atoms with Crippen molar-refractivity contribution in [2.24, 2.45) is 0 Å². The molecule has 1 aromatic carbocycles. The predicted molar refractivity (Wildman–Crippen MR) is 64.4 cm³/mol. The molecule has 0 aliphatic carbocycles. The van der Waals surface area contributed by atoms with Gasteiger partial charge in [-0.05, 0) is 18.6 Å². The molecule has 1 nitrogen and oxygen atoms in total. The molecule has 0 saturated heterocycles. The van der Waals surface area contributed by atoms with Gasteiger partial charge in [0.25, 0.3) is 0 Å². The minimum atomic E-state index is -4.42. The fraction of sp³-hybridized carbons (Fsp3) is 0.154. The monoisotopic (exact) mass is 271 g/mol. The van der Waals surface area contributed by atoms with Crippen LogP contribution in [-0.2, 0) is 6.18 Å². The summed E-state index contributed by atoms with van der Waals surface area (Å²) >= 11 is 5.85. The summed E-state index contributed by atoms with van der Waals surface area (Å²) < 4.78 is 37.8. The van der Waals surface area contributed by atoms with Gasteiger partial charge in [-0.2, -0.15) is 13.2 Å². The zero-order valence-electron chi connectivity index (χ0n) is 9.42. The topological polar surface area (TPSA) is 12.9 Å². The molecule has 0 aliphatic rings. The van der Waals surface area contributed by atoms with Gasteiger partial charge in [0.15, 0.2) is 0 Å². The van der Waals surface area contributed by atoms with E-state index >= 15 is 0 Å². The quantitative estimate of drug-likeness (QED) is 0.683. The number of alkyl halides is 3. The number of pyridine rings is 1. The Morgan fingerprint density at radius 3 is 2.50 bits per heavy atom. The first kappa shape index (κ1) is 12.9. The molecule has 5 heteroatoms. The van der Waals surface area contributed by atoms with Crippen molar-refractivity contribution >= 4 is 11.6 Å². The van der Waals surface area contributed by atoms with Crippen LogP contribution in [0.25, 0.3) is 11.1 Å². The highest BCUT2D eigenvalue weighted by molar-refractivity contribution is 6.32. The molecular formula is C13H9ClF3N. The van der Waals surface area contributed by atoms with Crippen LogP contribution in [-0.4, -0.2) is 4.98 Å². The zero-order chi connectivity index (χ0) is 13.3. The maximum absolute atomic E-state index is 12.6. The first-order valence-corrected chi connectivity index (χ1v) is 5.55. The lowest BCUT2D eigenvalue weighted by atomic mass is 10.0. The Balaban J connectivity index is 2.57. The van der Waals surface area contributed by atoms with Crippen LogP contribution in [0, 0.1) is 6.92 Å². The highest BCUT2D eigenvalue weighted by Crippen LogP contribution is 2.34. The van der Waals surface area contributed by atoms with E-state index in [0.717, 1.165) is 17.8 Å². The highest BCUT2D eigenvalue weighted by Gasteiger charge is 2.31. The molecule has 0 bridgehead atoms. The van der Waals surface area contributed by atoms with Crippen molar-refractivity contribution in [3.63, 3.8) is 0 Å². The standard InChI is InChI=1S/C13H9ClF3N/c1-8-3-2-4-9(5-8)11-6-10(13(15,16)17)7-18-12(11)14/h2-7H,1H3. The van der Waals surface area contributed by atoms with Crippen LogP contribution in [0.4, 0.5) is 13.2 Å². The first-order valence-electron chi connectivity index (χ1n) is 5.18. The second-order valence-corrected chi connectivity index (χ2v) is 4.29. The summed E-state index contributed by atoms with van der Waals surface area (Å²) in [5, 5.41) is 0.0635. The van der Waals surface area contributed by atoms with Gasteiger partial charge in [-0.15, -0.1) is 0 Å². The largest absolute Gasteiger partial charge is 0.417 e. The van der Waals surface area contributed by atoms with Crippen LogP contribution in [0.1, 0.15) is 11.1 Å². The molecule has 0 radical (unpaired) electrons. The van der Waals surface area contributed by atoms with E-state index in [9.17, 15) is 13.2 Å². The number of rotatable bonds is 1. The van der Waals surface area contributed by atoms with Gasteiger partial charge in [0.1, 0.15) is 5.15 Å². The molecule has 0 unspecified atom stereocenters. The first-order chi connectivity index (χ1) is 8.38. The summed E-state index contributed by atoms with van der Waals surface area (Å²) in [6, 6.07) is 8.11. The average Bonchev–Trinajstić information content (AvgIpc) is 2.28. The number of benzene rings is 1. The van der Waals surface area contributed by atoms with Crippen molar-refractivity contribution in [3.8, 4) is 11.1 Å². The molecule has 1 heterocycles. The maximum Gasteiger partial charge on any atom is 0.417 e. The van der Waals surface area contributed by atoms with Crippen molar-refractivity contribution in [1.82, 2.24) is 4.98 Å². The van der Waals surface area contributed by atoms with Crippen molar-refractivity contribution < 1.29 is 13.2 Å². The van der Waals surface area contributed by atoms with Gasteiger partial charge in [-0.25, -0.2) is 4.98 Å². The van der Waals surface area contributed by atoms with Gasteiger partial charge in [-0.3, -0.25) is 0 Å². The number of halogens is 4. The summed E-state index contributed by atoms with van der Waals surface area (Å²) in [4.78, 5) is 3.60. The molecule has 0 aliphatic heterocycles. The van der Waals surface area contributed by atoms with E-state index in [-0.39, 0.29) is 10.7 Å². The molecule has 0 N–H and O–H groups in total. The van der Waals surface area contributed by atoms with Crippen molar-refractivity contribution in [3.05, 3.63) is 52.8 Å². The van der Waals surface area contributed by atoms with Gasteiger partial charge in [-0.1, -0.05) is 41.4 Å². The maximum atomic E-state index is 12.6. The molecule has 2 aromatic rings. The third kappa shape index (κ3) is 2.64. The third-order valence-electron chi connectivity index (χ3n) is 2.50. The van der Waals surface area contributed by atoms with E-state index in [0.29, 0.717) is 5.56 Å². The summed E-state index contributed by atoms with van der Waals surface area (Å²) in [5.41, 5.74) is 1.05. The SMILES string of the molecule is Cc1cccc(-c2cc(C(F)(F)F)cnc2Cl)c1. The summed E-state index contributed by atoms with van der Waals surface area (Å²) in [6.07, 6.45) is -3.68. The molecular weight excluding hydrogens is 263 g/mol. The van der Waals surface area contributed by atoms with E-state index in [1.165, 1.54) is 0 Å². The Morgan fingerprint density at radius 1 is 1.17 bits per heavy atom. The second kappa shape index (κ2) is 4.61. The number of hydrogen-bond donors (Lipinski definition) is 0. The van der Waals surface area contributed by atoms with Crippen molar-refractivity contribution in [2.75, 3.05) is 0 Å². The number of aromatic nitrogens is 1. The lowest BCUT2D eigenvalue weighted by Crippen LogP contribution is -2.05. The van der Waals surface area contributed by atoms with Gasteiger partial charge < -0.3 is 0 Å². The molecule has 0 saturated carbocycles. The Labute approximate surface area is 107 Å². The van der Waals surface area contributed by atoms with Crippen LogP contribution < -0.4 is 0 Å². The molecule has 0 amide bonds. The van der Waals surface area contributed by atoms with E-state index in [1.54, 1.807) is 18.2 Å². The van der Waals surface area contributed by atoms with Crippen molar-refractivity contribution in [2.45, 2.75) is 13.1 Å². The van der Waals surface area contributed by atoms with Crippen LogP contribution in [0.3, 0.4) is 0 Å². The molecule has 0 atom stereocenters. The lowest BCUT2D eigenvalue weighted by Gasteiger charge is -2.10. The highest BCUT2D eigenvalue weighted by atomic mass is 35.5. The Hall–Kier alpha value is -1.55. The van der Waals surface area contributed by atoms with Crippen molar-refractivity contribution in [1.29, 1.82) is 0 Å². The van der Waals surface area contributed by atoms with Crippen LogP contribution in [0.2, 0.25) is 5.15 Å². The molecule has 0 fully saturated rings.